The van der Waals surface area contributed by atoms with Gasteiger partial charge in [-0.2, -0.15) is 0 Å². The minimum atomic E-state index is -0.305. The molecule has 0 aromatic heterocycles. The molecule has 0 unspecified atom stereocenters. The fraction of sp³-hybridized carbons (Fsp3) is 0.429. The molecule has 3 rings (SSSR count). The zero-order chi connectivity index (χ0) is 27.3. The lowest BCUT2D eigenvalue weighted by Crippen LogP contribution is -2.30. The van der Waals surface area contributed by atoms with Crippen LogP contribution in [0.2, 0.25) is 0 Å². The molecular weight excluding hydrogens is 528 g/mol. The number of esters is 2. The first-order valence-electron chi connectivity index (χ1n) is 12.5. The van der Waals surface area contributed by atoms with E-state index >= 15 is 0 Å². The summed E-state index contributed by atoms with van der Waals surface area (Å²) in [6, 6.07) is 13.6. The topological polar surface area (TPSA) is 105 Å². The molecule has 1 aliphatic rings. The molecule has 10 heteroatoms. The van der Waals surface area contributed by atoms with E-state index in [-0.39, 0.29) is 34.0 Å². The Kier molecular flexibility index (Phi) is 12.0. The third-order valence-electron chi connectivity index (χ3n) is 5.79. The lowest BCUT2D eigenvalue weighted by Gasteiger charge is -2.25. The van der Waals surface area contributed by atoms with Gasteiger partial charge in [0.2, 0.25) is 0 Å². The molecule has 0 bridgehead atoms. The van der Waals surface area contributed by atoms with Crippen LogP contribution in [0.5, 0.6) is 23.0 Å². The number of ether oxygens (including phenoxy) is 4. The summed E-state index contributed by atoms with van der Waals surface area (Å²) in [7, 11) is 0. The van der Waals surface area contributed by atoms with Gasteiger partial charge in [0.1, 0.15) is 23.0 Å². The zero-order valence-corrected chi connectivity index (χ0v) is 23.1. The van der Waals surface area contributed by atoms with E-state index < -0.39 is 0 Å². The van der Waals surface area contributed by atoms with Gasteiger partial charge in [-0.15, -0.1) is 0 Å². The van der Waals surface area contributed by atoms with E-state index in [4.69, 9.17) is 18.9 Å². The molecule has 204 valence electrons. The third kappa shape index (κ3) is 10.4. The molecule has 1 fully saturated rings. The van der Waals surface area contributed by atoms with E-state index in [9.17, 15) is 19.2 Å². The summed E-state index contributed by atoms with van der Waals surface area (Å²) in [6.07, 6.45) is 2.22. The predicted octanol–water partition coefficient (Wildman–Crippen LogP) is 5.32. The second-order valence-electron chi connectivity index (χ2n) is 8.71. The van der Waals surface area contributed by atoms with Gasteiger partial charge in [0, 0.05) is 25.4 Å². The van der Waals surface area contributed by atoms with E-state index in [1.807, 2.05) is 0 Å². The number of carbonyl (C=O) groups is 4. The molecule has 2 aromatic carbocycles. The highest BCUT2D eigenvalue weighted by Crippen LogP contribution is 2.32. The maximum atomic E-state index is 12.6. The molecule has 0 saturated heterocycles. The van der Waals surface area contributed by atoms with Crippen LogP contribution in [-0.4, -0.2) is 46.9 Å². The summed E-state index contributed by atoms with van der Waals surface area (Å²) in [6.45, 7) is 3.86. The van der Waals surface area contributed by atoms with Crippen molar-refractivity contribution in [1.82, 2.24) is 0 Å². The van der Waals surface area contributed by atoms with E-state index in [1.54, 1.807) is 48.5 Å². The Hall–Kier alpha value is -2.98. The molecule has 0 radical (unpaired) electrons. The number of benzene rings is 2. The summed E-state index contributed by atoms with van der Waals surface area (Å²) in [5, 5.41) is 0.105. The molecule has 8 nitrogen and oxygen atoms in total. The van der Waals surface area contributed by atoms with Crippen LogP contribution in [0.25, 0.3) is 0 Å². The highest BCUT2D eigenvalue weighted by molar-refractivity contribution is 8.13. The molecule has 0 aliphatic heterocycles. The van der Waals surface area contributed by atoms with Gasteiger partial charge in [-0.25, -0.2) is 0 Å². The van der Waals surface area contributed by atoms with Gasteiger partial charge >= 0.3 is 11.9 Å². The molecule has 0 heterocycles. The first-order chi connectivity index (χ1) is 18.3. The molecule has 0 amide bonds. The predicted molar refractivity (Wildman–Crippen MR) is 147 cm³/mol. The normalized spacial score (nSPS) is 16.8. The quantitative estimate of drug-likeness (QED) is 0.192. The number of carbonyl (C=O) groups excluding carboxylic acids is 4. The zero-order valence-electron chi connectivity index (χ0n) is 21.5. The third-order valence-corrected chi connectivity index (χ3v) is 7.35. The Morgan fingerprint density at radius 2 is 0.921 bits per heavy atom. The number of rotatable bonds is 12. The smallest absolute Gasteiger partial charge is 0.314 e. The number of thioether (sulfide) groups is 2. The summed E-state index contributed by atoms with van der Waals surface area (Å²) in [5.74, 6) is 2.16. The van der Waals surface area contributed by atoms with Gasteiger partial charge in [-0.1, -0.05) is 23.5 Å². The molecule has 2 aromatic rings. The maximum absolute atomic E-state index is 12.6. The van der Waals surface area contributed by atoms with Gasteiger partial charge in [-0.05, 0) is 74.2 Å². The van der Waals surface area contributed by atoms with Crippen LogP contribution < -0.4 is 18.9 Å². The van der Waals surface area contributed by atoms with E-state index in [0.29, 0.717) is 73.4 Å². The van der Waals surface area contributed by atoms with Crippen molar-refractivity contribution >= 4 is 45.7 Å². The first-order valence-corrected chi connectivity index (χ1v) is 14.4. The minimum absolute atomic E-state index is 0.0525. The molecule has 0 atom stereocenters. The fourth-order valence-corrected chi connectivity index (χ4v) is 4.77. The van der Waals surface area contributed by atoms with E-state index in [2.05, 4.69) is 0 Å². The summed E-state index contributed by atoms with van der Waals surface area (Å²) in [5.41, 5.74) is 0. The van der Waals surface area contributed by atoms with Crippen LogP contribution in [0.4, 0.5) is 0 Å². The average molecular weight is 561 g/mol. The highest BCUT2D eigenvalue weighted by Gasteiger charge is 2.32. The van der Waals surface area contributed by atoms with Gasteiger partial charge in [-0.3, -0.25) is 19.2 Å². The molecule has 0 N–H and O–H groups in total. The lowest BCUT2D eigenvalue weighted by atomic mass is 9.82. The van der Waals surface area contributed by atoms with Crippen LogP contribution in [0.15, 0.2) is 48.5 Å². The van der Waals surface area contributed by atoms with Crippen molar-refractivity contribution in [3.8, 4) is 23.0 Å². The molecular formula is C28H32O8S2. The Balaban J connectivity index is 1.36. The second kappa shape index (κ2) is 15.4. The SMILES string of the molecule is CC(=O)SCCOc1ccc(OC(=O)C2CCC(C(=O)Oc3ccc(OCCSC(C)=O)cc3)CC2)cc1. The van der Waals surface area contributed by atoms with E-state index in [0.717, 1.165) is 0 Å². The van der Waals surface area contributed by atoms with Crippen LogP contribution in [0.1, 0.15) is 39.5 Å². The van der Waals surface area contributed by atoms with Crippen molar-refractivity contribution in [1.29, 1.82) is 0 Å². The van der Waals surface area contributed by atoms with Gasteiger partial charge in [0.25, 0.3) is 0 Å². The molecule has 1 aliphatic carbocycles. The maximum Gasteiger partial charge on any atom is 0.314 e. The van der Waals surface area contributed by atoms with Gasteiger partial charge in [0.05, 0.1) is 25.0 Å². The van der Waals surface area contributed by atoms with Crippen molar-refractivity contribution in [2.45, 2.75) is 39.5 Å². The largest absolute Gasteiger partial charge is 0.493 e. The minimum Gasteiger partial charge on any atom is -0.493 e. The van der Waals surface area contributed by atoms with Crippen LogP contribution >= 0.6 is 23.5 Å². The highest BCUT2D eigenvalue weighted by atomic mass is 32.2. The van der Waals surface area contributed by atoms with Crippen molar-refractivity contribution in [3.63, 3.8) is 0 Å². The van der Waals surface area contributed by atoms with Crippen LogP contribution in [0.3, 0.4) is 0 Å². The van der Waals surface area contributed by atoms with Crippen LogP contribution in [-0.2, 0) is 19.2 Å². The average Bonchev–Trinajstić information content (AvgIpc) is 2.91. The van der Waals surface area contributed by atoms with Gasteiger partial charge in [0.15, 0.2) is 10.2 Å². The standard InChI is InChI=1S/C28H32O8S2/c1-19(29)37-17-15-33-23-7-11-25(12-8-23)35-27(31)21-3-5-22(6-4-21)28(32)36-26-13-9-24(10-14-26)34-16-18-38-20(2)30/h7-14,21-22H,3-6,15-18H2,1-2H3. The van der Waals surface area contributed by atoms with Crippen LogP contribution in [0, 0.1) is 11.8 Å². The number of hydrogen-bond acceptors (Lipinski definition) is 10. The monoisotopic (exact) mass is 560 g/mol. The Labute approximate surface area is 231 Å². The van der Waals surface area contributed by atoms with Crippen molar-refractivity contribution in [3.05, 3.63) is 48.5 Å². The van der Waals surface area contributed by atoms with Crippen molar-refractivity contribution in [2.24, 2.45) is 11.8 Å². The Morgan fingerprint density at radius 3 is 1.24 bits per heavy atom. The number of hydrogen-bond donors (Lipinski definition) is 0. The van der Waals surface area contributed by atoms with Crippen molar-refractivity contribution in [2.75, 3.05) is 24.7 Å². The Morgan fingerprint density at radius 1 is 0.605 bits per heavy atom. The molecule has 38 heavy (non-hydrogen) atoms. The first kappa shape index (κ1) is 29.6. The molecule has 0 spiro atoms. The summed E-state index contributed by atoms with van der Waals surface area (Å²) >= 11 is 2.42. The second-order valence-corrected chi connectivity index (χ2v) is 11.3. The molecule has 1 saturated carbocycles. The summed E-state index contributed by atoms with van der Waals surface area (Å²) < 4.78 is 22.2. The van der Waals surface area contributed by atoms with Gasteiger partial charge < -0.3 is 18.9 Å². The Bertz CT molecular complexity index is 990. The van der Waals surface area contributed by atoms with E-state index in [1.165, 1.54) is 37.4 Å². The fourth-order valence-electron chi connectivity index (χ4n) is 3.86. The van der Waals surface area contributed by atoms with Crippen molar-refractivity contribution < 1.29 is 38.1 Å². The summed E-state index contributed by atoms with van der Waals surface area (Å²) in [4.78, 5) is 47.1. The lowest BCUT2D eigenvalue weighted by molar-refractivity contribution is -0.145.